The van der Waals surface area contributed by atoms with Gasteiger partial charge in [0.1, 0.15) is 16.4 Å². The monoisotopic (exact) mass is 300 g/mol. The van der Waals surface area contributed by atoms with Gasteiger partial charge in [0.15, 0.2) is 0 Å². The molecule has 114 valence electrons. The lowest BCUT2D eigenvalue weighted by molar-refractivity contribution is 0.315. The van der Waals surface area contributed by atoms with E-state index in [0.717, 1.165) is 12.8 Å². The summed E-state index contributed by atoms with van der Waals surface area (Å²) >= 11 is 0. The van der Waals surface area contributed by atoms with Crippen LogP contribution < -0.4 is 5.73 Å². The molecule has 1 aromatic heterocycles. The largest absolute Gasteiger partial charge is 0.465 e. The van der Waals surface area contributed by atoms with E-state index in [4.69, 9.17) is 10.2 Å². The fourth-order valence-electron chi connectivity index (χ4n) is 3.13. The Bertz CT molecular complexity index is 590. The van der Waals surface area contributed by atoms with Gasteiger partial charge in [-0.1, -0.05) is 13.8 Å². The molecule has 6 heteroatoms. The summed E-state index contributed by atoms with van der Waals surface area (Å²) in [7, 11) is -3.53. The maximum Gasteiger partial charge on any atom is 0.247 e. The number of hydrogen-bond donors (Lipinski definition) is 1. The van der Waals surface area contributed by atoms with Crippen molar-refractivity contribution in [3.63, 3.8) is 0 Å². The van der Waals surface area contributed by atoms with Crippen LogP contribution in [-0.4, -0.2) is 25.3 Å². The van der Waals surface area contributed by atoms with Gasteiger partial charge in [-0.25, -0.2) is 8.42 Å². The summed E-state index contributed by atoms with van der Waals surface area (Å²) in [5.74, 6) is 1.35. The minimum absolute atomic E-state index is 0.0697. The third-order valence-corrected chi connectivity index (χ3v) is 6.23. The predicted octanol–water partition coefficient (Wildman–Crippen LogP) is 2.16. The topological polar surface area (TPSA) is 76.5 Å². The Kier molecular flexibility index (Phi) is 4.27. The molecule has 1 saturated heterocycles. The zero-order valence-corrected chi connectivity index (χ0v) is 13.5. The number of rotatable bonds is 4. The molecule has 20 heavy (non-hydrogen) atoms. The van der Waals surface area contributed by atoms with Gasteiger partial charge in [0, 0.05) is 24.7 Å². The number of nitrogens with two attached hydrogens (primary N) is 1. The Balaban J connectivity index is 2.51. The average molecular weight is 300 g/mol. The number of furan rings is 1. The van der Waals surface area contributed by atoms with Gasteiger partial charge < -0.3 is 10.2 Å². The van der Waals surface area contributed by atoms with Crippen LogP contribution in [-0.2, 0) is 16.6 Å². The van der Waals surface area contributed by atoms with Crippen LogP contribution in [0.3, 0.4) is 0 Å². The Morgan fingerprint density at radius 1 is 1.35 bits per heavy atom. The van der Waals surface area contributed by atoms with Crippen LogP contribution in [0.25, 0.3) is 0 Å². The van der Waals surface area contributed by atoms with Gasteiger partial charge in [-0.2, -0.15) is 4.31 Å². The first kappa shape index (κ1) is 15.5. The van der Waals surface area contributed by atoms with Gasteiger partial charge in [0.2, 0.25) is 10.0 Å². The number of hydrogen-bond acceptors (Lipinski definition) is 4. The second-order valence-electron chi connectivity index (χ2n) is 5.80. The fourth-order valence-corrected chi connectivity index (χ4v) is 5.38. The molecule has 1 atom stereocenters. The molecule has 1 aliphatic heterocycles. The molecular formula is C14H24N2O3S. The lowest BCUT2D eigenvalue weighted by atomic mass is 10.0. The summed E-state index contributed by atoms with van der Waals surface area (Å²) in [5.41, 5.74) is 6.32. The second kappa shape index (κ2) is 5.50. The molecule has 1 unspecified atom stereocenters. The van der Waals surface area contributed by atoms with E-state index in [9.17, 15) is 8.42 Å². The Hall–Kier alpha value is -0.850. The molecule has 2 rings (SSSR count). The van der Waals surface area contributed by atoms with Gasteiger partial charge in [-0.3, -0.25) is 0 Å². The number of aryl methyl sites for hydroxylation is 2. The van der Waals surface area contributed by atoms with Crippen molar-refractivity contribution in [1.29, 1.82) is 0 Å². The van der Waals surface area contributed by atoms with Crippen LogP contribution in [0, 0.1) is 19.8 Å². The van der Waals surface area contributed by atoms with Gasteiger partial charge in [0.25, 0.3) is 0 Å². The summed E-state index contributed by atoms with van der Waals surface area (Å²) in [5, 5.41) is 0. The molecule has 5 nitrogen and oxygen atoms in total. The van der Waals surface area contributed by atoms with Crippen molar-refractivity contribution < 1.29 is 12.8 Å². The molecule has 0 saturated carbocycles. The van der Waals surface area contributed by atoms with Crippen LogP contribution in [0.15, 0.2) is 9.31 Å². The van der Waals surface area contributed by atoms with Crippen molar-refractivity contribution >= 4 is 10.0 Å². The summed E-state index contributed by atoms with van der Waals surface area (Å²) in [6, 6.07) is 0.0697. The summed E-state index contributed by atoms with van der Waals surface area (Å²) in [6.07, 6.45) is 1.83. The zero-order valence-electron chi connectivity index (χ0n) is 12.6. The van der Waals surface area contributed by atoms with E-state index in [-0.39, 0.29) is 17.5 Å². The van der Waals surface area contributed by atoms with Crippen molar-refractivity contribution in [3.8, 4) is 0 Å². The number of nitrogens with zero attached hydrogens (tertiary/aromatic N) is 1. The molecule has 1 fully saturated rings. The van der Waals surface area contributed by atoms with E-state index in [2.05, 4.69) is 13.8 Å². The highest BCUT2D eigenvalue weighted by molar-refractivity contribution is 7.89. The number of sulfonamides is 1. The second-order valence-corrected chi connectivity index (χ2v) is 7.62. The highest BCUT2D eigenvalue weighted by Gasteiger charge is 2.39. The highest BCUT2D eigenvalue weighted by Crippen LogP contribution is 2.34. The minimum atomic E-state index is -3.53. The molecule has 0 aliphatic carbocycles. The molecule has 1 aromatic rings. The molecule has 0 radical (unpaired) electrons. The summed E-state index contributed by atoms with van der Waals surface area (Å²) in [4.78, 5) is 0.282. The maximum absolute atomic E-state index is 13.0. The molecule has 2 N–H and O–H groups in total. The van der Waals surface area contributed by atoms with Crippen LogP contribution in [0.2, 0.25) is 0 Å². The standard InChI is InChI=1S/C14H24N2O3S/c1-9(2)13-6-5-7-16(13)20(17,18)14-11(4)19-10(3)12(14)8-15/h9,13H,5-8,15H2,1-4H3. The minimum Gasteiger partial charge on any atom is -0.465 e. The van der Waals surface area contributed by atoms with Gasteiger partial charge in [-0.05, 0) is 32.6 Å². The fraction of sp³-hybridized carbons (Fsp3) is 0.714. The zero-order chi connectivity index (χ0) is 15.1. The summed E-state index contributed by atoms with van der Waals surface area (Å²) in [6.45, 7) is 8.35. The lowest BCUT2D eigenvalue weighted by Gasteiger charge is -2.27. The van der Waals surface area contributed by atoms with E-state index in [0.29, 0.717) is 29.5 Å². The predicted molar refractivity (Wildman–Crippen MR) is 77.8 cm³/mol. The van der Waals surface area contributed by atoms with Crippen molar-refractivity contribution in [1.82, 2.24) is 4.31 Å². The van der Waals surface area contributed by atoms with Crippen LogP contribution in [0.1, 0.15) is 43.8 Å². The van der Waals surface area contributed by atoms with E-state index >= 15 is 0 Å². The maximum atomic E-state index is 13.0. The first-order valence-corrected chi connectivity index (χ1v) is 8.55. The SMILES string of the molecule is Cc1oc(C)c(S(=O)(=O)N2CCCC2C(C)C)c1CN. The van der Waals surface area contributed by atoms with E-state index in [1.165, 1.54) is 0 Å². The smallest absolute Gasteiger partial charge is 0.247 e. The average Bonchev–Trinajstić information content (AvgIpc) is 2.93. The lowest BCUT2D eigenvalue weighted by Crippen LogP contribution is -2.39. The molecule has 0 spiro atoms. The molecule has 0 bridgehead atoms. The summed E-state index contributed by atoms with van der Waals surface area (Å²) < 4.78 is 33.1. The molecule has 1 aliphatic rings. The Morgan fingerprint density at radius 3 is 2.55 bits per heavy atom. The van der Waals surface area contributed by atoms with Gasteiger partial charge >= 0.3 is 0 Å². The van der Waals surface area contributed by atoms with Crippen molar-refractivity contribution in [2.45, 2.75) is 58.0 Å². The van der Waals surface area contributed by atoms with E-state index in [1.807, 2.05) is 0 Å². The molecule has 0 amide bonds. The van der Waals surface area contributed by atoms with E-state index < -0.39 is 10.0 Å². The van der Waals surface area contributed by atoms with Crippen molar-refractivity contribution in [2.24, 2.45) is 11.7 Å². The third-order valence-electron chi connectivity index (χ3n) is 4.11. The Labute approximate surface area is 121 Å². The van der Waals surface area contributed by atoms with Gasteiger partial charge in [0.05, 0.1) is 0 Å². The third kappa shape index (κ3) is 2.40. The molecule has 2 heterocycles. The first-order valence-electron chi connectivity index (χ1n) is 7.11. The van der Waals surface area contributed by atoms with Crippen LogP contribution in [0.4, 0.5) is 0 Å². The van der Waals surface area contributed by atoms with Crippen molar-refractivity contribution in [3.05, 3.63) is 17.1 Å². The molecule has 0 aromatic carbocycles. The molecular weight excluding hydrogens is 276 g/mol. The van der Waals surface area contributed by atoms with E-state index in [1.54, 1.807) is 18.2 Å². The normalized spacial score (nSPS) is 21.0. The van der Waals surface area contributed by atoms with Crippen molar-refractivity contribution in [2.75, 3.05) is 6.54 Å². The van der Waals surface area contributed by atoms with Crippen LogP contribution in [0.5, 0.6) is 0 Å². The Morgan fingerprint density at radius 2 is 2.00 bits per heavy atom. The van der Waals surface area contributed by atoms with Crippen LogP contribution >= 0.6 is 0 Å². The van der Waals surface area contributed by atoms with Gasteiger partial charge in [-0.15, -0.1) is 0 Å². The highest BCUT2D eigenvalue weighted by atomic mass is 32.2. The first-order chi connectivity index (χ1) is 9.30. The quantitative estimate of drug-likeness (QED) is 0.924.